The molecule has 3 aromatic rings. The van der Waals surface area contributed by atoms with Crippen LogP contribution in [-0.2, 0) is 0 Å². The van der Waals surface area contributed by atoms with Crippen molar-refractivity contribution in [1.29, 1.82) is 0 Å². The average Bonchev–Trinajstić information content (AvgIpc) is 3.03. The highest BCUT2D eigenvalue weighted by Crippen LogP contribution is 2.36. The fourth-order valence-electron chi connectivity index (χ4n) is 3.56. The summed E-state index contributed by atoms with van der Waals surface area (Å²) in [6.45, 7) is 1.17. The van der Waals surface area contributed by atoms with Crippen molar-refractivity contribution in [3.05, 3.63) is 144 Å². The van der Waals surface area contributed by atoms with Gasteiger partial charge in [0.15, 0.2) is 5.56 Å². The summed E-state index contributed by atoms with van der Waals surface area (Å²) >= 11 is 5.02. The second-order valence-corrected chi connectivity index (χ2v) is 9.06. The minimum Gasteiger partial charge on any atom is -0.477 e. The van der Waals surface area contributed by atoms with E-state index >= 15 is 0 Å². The molecule has 1 N–H and O–H groups in total. The Balaban J connectivity index is 0.000000391. The Bertz CT molecular complexity index is 1930. The molecule has 0 saturated heterocycles. The topological polar surface area (TPSA) is 443 Å². The van der Waals surface area contributed by atoms with Gasteiger partial charge in [0.2, 0.25) is 5.56 Å². The molecule has 0 aliphatic rings. The van der Waals surface area contributed by atoms with Crippen LogP contribution < -0.4 is 0 Å². The fraction of sp³-hybridized carbons (Fsp3) is 0.0476. The van der Waals surface area contributed by atoms with E-state index in [0.29, 0.717) is 36.4 Å². The number of hydrogen-bond donors (Lipinski definition) is 1. The van der Waals surface area contributed by atoms with Crippen LogP contribution in [-0.4, -0.2) is 60.6 Å². The summed E-state index contributed by atoms with van der Waals surface area (Å²) < 4.78 is 0. The Morgan fingerprint density at radius 1 is 0.442 bits per heavy atom. The van der Waals surface area contributed by atoms with Gasteiger partial charge in [-0.1, -0.05) is 0 Å². The fourth-order valence-corrected chi connectivity index (χ4v) is 3.75. The molecule has 0 spiro atoms. The summed E-state index contributed by atoms with van der Waals surface area (Å²) in [5, 5.41) is 102. The maximum atomic E-state index is 11.0. The first-order chi connectivity index (χ1) is 23.8. The molecule has 3 rings (SSSR count). The van der Waals surface area contributed by atoms with Crippen LogP contribution in [0.4, 0.5) is 51.2 Å². The number of carboxylic acid groups (broad SMARTS) is 1. The number of benzene rings is 3. The van der Waals surface area contributed by atoms with Crippen molar-refractivity contribution in [2.45, 2.75) is 6.92 Å². The molecule has 0 aromatic heterocycles. The van der Waals surface area contributed by atoms with Gasteiger partial charge in [-0.3, -0.25) is 95.8 Å². The molecule has 0 radical (unpaired) electrons. The van der Waals surface area contributed by atoms with Crippen LogP contribution in [0.5, 0.6) is 0 Å². The number of non-ortho nitro benzene ring substituents is 3. The Labute approximate surface area is 284 Å². The molecule has 31 heteroatoms. The maximum Gasteiger partial charge on any atom is 0.349 e. The summed E-state index contributed by atoms with van der Waals surface area (Å²) in [4.78, 5) is 107. The summed E-state index contributed by atoms with van der Waals surface area (Å²) in [6.07, 6.45) is 0. The van der Waals surface area contributed by atoms with Crippen molar-refractivity contribution in [1.82, 2.24) is 0 Å². The molecule has 3 aromatic carbocycles. The monoisotopic (exact) mass is 759 g/mol. The SMILES string of the molecule is Cc1c([N+](=O)[O-])cc([N+](=O)[O-])cc1[N+](=O)[O-].O=C(Cl)c1c([N+](=O)[O-])cc([N+](=O)[O-])cc1[N+](=O)[O-].O=C(O)c1c([N+](=O)[O-])cc([N+](=O)[O-])cc1[N+](=O)[O-]. The normalized spacial score (nSPS) is 9.81. The van der Waals surface area contributed by atoms with Crippen molar-refractivity contribution in [2.24, 2.45) is 0 Å². The second-order valence-electron chi connectivity index (χ2n) is 8.72. The number of nitro groups is 9. The lowest BCUT2D eigenvalue weighted by Crippen LogP contribution is -2.08. The highest BCUT2D eigenvalue weighted by atomic mass is 35.5. The first kappa shape index (κ1) is 41.7. The molecule has 0 aliphatic heterocycles. The minimum absolute atomic E-state index is 0.208. The lowest BCUT2D eigenvalue weighted by Gasteiger charge is -2.00. The Morgan fingerprint density at radius 3 is 0.827 bits per heavy atom. The molecular formula is C21H10ClN9O21. The van der Waals surface area contributed by atoms with Crippen LogP contribution >= 0.6 is 11.6 Å². The van der Waals surface area contributed by atoms with Gasteiger partial charge >= 0.3 is 5.97 Å². The highest BCUT2D eigenvalue weighted by molar-refractivity contribution is 6.68. The minimum atomic E-state index is -1.91. The van der Waals surface area contributed by atoms with E-state index in [1.807, 2.05) is 0 Å². The van der Waals surface area contributed by atoms with Crippen LogP contribution in [0, 0.1) is 98.0 Å². The van der Waals surface area contributed by atoms with Gasteiger partial charge in [0.25, 0.3) is 56.4 Å². The van der Waals surface area contributed by atoms with Gasteiger partial charge in [-0.15, -0.1) is 0 Å². The lowest BCUT2D eigenvalue weighted by atomic mass is 10.1. The molecular weight excluding hydrogens is 750 g/mol. The van der Waals surface area contributed by atoms with Crippen LogP contribution in [0.1, 0.15) is 26.3 Å². The van der Waals surface area contributed by atoms with Crippen molar-refractivity contribution in [2.75, 3.05) is 0 Å². The molecule has 52 heavy (non-hydrogen) atoms. The summed E-state index contributed by atoms with van der Waals surface area (Å²) in [5.41, 5.74) is -10.7. The van der Waals surface area contributed by atoms with Crippen LogP contribution in [0.15, 0.2) is 36.4 Å². The third-order valence-electron chi connectivity index (χ3n) is 5.72. The molecule has 30 nitrogen and oxygen atoms in total. The largest absolute Gasteiger partial charge is 0.477 e. The van der Waals surface area contributed by atoms with E-state index in [2.05, 4.69) is 0 Å². The Hall–Kier alpha value is -8.31. The summed E-state index contributed by atoms with van der Waals surface area (Å²) in [6, 6.07) is 2.97. The third-order valence-corrected chi connectivity index (χ3v) is 5.91. The number of carbonyl (C=O) groups excluding carboxylic acids is 1. The van der Waals surface area contributed by atoms with E-state index < -0.39 is 118 Å². The van der Waals surface area contributed by atoms with E-state index in [1.54, 1.807) is 0 Å². The van der Waals surface area contributed by atoms with Crippen LogP contribution in [0.25, 0.3) is 0 Å². The first-order valence-corrected chi connectivity index (χ1v) is 12.5. The molecule has 0 aliphatic carbocycles. The molecule has 0 bridgehead atoms. The van der Waals surface area contributed by atoms with Gasteiger partial charge in [0, 0.05) is 0 Å². The smallest absolute Gasteiger partial charge is 0.349 e. The summed E-state index contributed by atoms with van der Waals surface area (Å²) in [7, 11) is 0. The number of hydrogen-bond acceptors (Lipinski definition) is 20. The van der Waals surface area contributed by atoms with Gasteiger partial charge in [0.05, 0.1) is 80.7 Å². The van der Waals surface area contributed by atoms with Crippen molar-refractivity contribution < 1.29 is 59.0 Å². The number of nitro benzene ring substituents is 9. The van der Waals surface area contributed by atoms with Gasteiger partial charge < -0.3 is 5.11 Å². The van der Waals surface area contributed by atoms with E-state index in [0.717, 1.165) is 0 Å². The number of nitrogens with zero attached hydrogens (tertiary/aromatic N) is 9. The second kappa shape index (κ2) is 16.7. The maximum absolute atomic E-state index is 11.0. The molecule has 0 heterocycles. The van der Waals surface area contributed by atoms with Crippen molar-refractivity contribution in [3.63, 3.8) is 0 Å². The zero-order chi connectivity index (χ0) is 40.5. The zero-order valence-corrected chi connectivity index (χ0v) is 25.2. The van der Waals surface area contributed by atoms with E-state index in [1.165, 1.54) is 6.92 Å². The van der Waals surface area contributed by atoms with E-state index in [9.17, 15) is 101 Å². The standard InChI is InChI=1S/C7H2ClN3O7.C7H3N3O8.C7H5N3O6/c8-7(12)6-4(10(15)16)1-3(9(13)14)2-5(6)11(17)18;11-7(12)6-4(9(15)16)1-3(8(13)14)2-5(6)10(17)18;1-4-6(9(13)14)2-5(8(11)12)3-7(4)10(15)16/h1-2H;1-2H,(H,11,12);2-3H,1H3. The van der Waals surface area contributed by atoms with Gasteiger partial charge in [-0.2, -0.15) is 0 Å². The Kier molecular flexibility index (Phi) is 13.4. The van der Waals surface area contributed by atoms with Crippen LogP contribution in [0.3, 0.4) is 0 Å². The first-order valence-electron chi connectivity index (χ1n) is 12.1. The predicted molar refractivity (Wildman–Crippen MR) is 161 cm³/mol. The number of halogens is 1. The van der Waals surface area contributed by atoms with Crippen molar-refractivity contribution >= 4 is 74.0 Å². The highest BCUT2D eigenvalue weighted by Gasteiger charge is 2.35. The van der Waals surface area contributed by atoms with E-state index in [-0.39, 0.29) is 5.56 Å². The van der Waals surface area contributed by atoms with E-state index in [4.69, 9.17) is 16.7 Å². The van der Waals surface area contributed by atoms with Gasteiger partial charge in [0.1, 0.15) is 5.56 Å². The molecule has 0 amide bonds. The molecule has 272 valence electrons. The summed E-state index contributed by atoms with van der Waals surface area (Å²) in [5.74, 6) is -1.91. The molecule has 0 unspecified atom stereocenters. The van der Waals surface area contributed by atoms with Gasteiger partial charge in [-0.05, 0) is 18.5 Å². The predicted octanol–water partition coefficient (Wildman–Crippen LogP) is 4.62. The number of aromatic carboxylic acids is 1. The number of carbonyl (C=O) groups is 2. The average molecular weight is 760 g/mol. The molecule has 0 saturated carbocycles. The molecule has 0 atom stereocenters. The zero-order valence-electron chi connectivity index (χ0n) is 24.5. The number of rotatable bonds is 11. The quantitative estimate of drug-likeness (QED) is 0.158. The third kappa shape index (κ3) is 9.86. The van der Waals surface area contributed by atoms with Gasteiger partial charge in [-0.25, -0.2) is 4.79 Å². The molecule has 0 fully saturated rings. The van der Waals surface area contributed by atoms with Crippen LogP contribution in [0.2, 0.25) is 0 Å². The lowest BCUT2D eigenvalue weighted by molar-refractivity contribution is -0.404. The number of carboxylic acids is 1. The van der Waals surface area contributed by atoms with Crippen molar-refractivity contribution in [3.8, 4) is 0 Å². The Morgan fingerprint density at radius 2 is 0.654 bits per heavy atom.